The molecule has 100 valence electrons. The number of aromatic nitrogens is 2. The van der Waals surface area contributed by atoms with Crippen molar-refractivity contribution >= 4 is 22.9 Å². The SMILES string of the molecule is CCCn1c(NC(=O)C2CC2C)nc2ccccc21. The van der Waals surface area contributed by atoms with Crippen molar-refractivity contribution in [2.75, 3.05) is 5.32 Å². The Bertz CT molecular complexity index is 617. The van der Waals surface area contributed by atoms with Gasteiger partial charge in [0.1, 0.15) is 0 Å². The summed E-state index contributed by atoms with van der Waals surface area (Å²) in [5.41, 5.74) is 2.03. The maximum Gasteiger partial charge on any atom is 0.230 e. The lowest BCUT2D eigenvalue weighted by molar-refractivity contribution is -0.117. The summed E-state index contributed by atoms with van der Waals surface area (Å²) in [7, 11) is 0. The van der Waals surface area contributed by atoms with E-state index in [-0.39, 0.29) is 11.8 Å². The molecule has 2 aromatic rings. The number of imidazole rings is 1. The first-order chi connectivity index (χ1) is 9.20. The largest absolute Gasteiger partial charge is 0.310 e. The van der Waals surface area contributed by atoms with E-state index in [1.807, 2.05) is 24.3 Å². The molecule has 1 heterocycles. The van der Waals surface area contributed by atoms with Crippen molar-refractivity contribution in [2.24, 2.45) is 11.8 Å². The molecule has 3 rings (SSSR count). The summed E-state index contributed by atoms with van der Waals surface area (Å²) in [6, 6.07) is 8.01. The number of carbonyl (C=O) groups is 1. The molecule has 1 saturated carbocycles. The molecule has 1 amide bonds. The fourth-order valence-corrected chi connectivity index (χ4v) is 2.51. The van der Waals surface area contributed by atoms with Crippen LogP contribution in [0.1, 0.15) is 26.7 Å². The first-order valence-electron chi connectivity index (χ1n) is 6.97. The summed E-state index contributed by atoms with van der Waals surface area (Å²) < 4.78 is 2.10. The molecule has 0 bridgehead atoms. The van der Waals surface area contributed by atoms with E-state index in [0.717, 1.165) is 30.4 Å². The Morgan fingerprint density at radius 2 is 2.21 bits per heavy atom. The number of benzene rings is 1. The predicted molar refractivity (Wildman–Crippen MR) is 75.9 cm³/mol. The van der Waals surface area contributed by atoms with Gasteiger partial charge in [-0.15, -0.1) is 0 Å². The number of fused-ring (bicyclic) bond motifs is 1. The Kier molecular flexibility index (Phi) is 3.01. The van der Waals surface area contributed by atoms with Crippen molar-refractivity contribution < 1.29 is 4.79 Å². The summed E-state index contributed by atoms with van der Waals surface area (Å²) >= 11 is 0. The van der Waals surface area contributed by atoms with Crippen molar-refractivity contribution in [1.82, 2.24) is 9.55 Å². The van der Waals surface area contributed by atoms with Crippen LogP contribution in [-0.2, 0) is 11.3 Å². The minimum absolute atomic E-state index is 0.111. The van der Waals surface area contributed by atoms with E-state index < -0.39 is 0 Å². The highest BCUT2D eigenvalue weighted by atomic mass is 16.2. The van der Waals surface area contributed by atoms with Crippen molar-refractivity contribution in [3.63, 3.8) is 0 Å². The second-order valence-corrected chi connectivity index (χ2v) is 5.38. The zero-order chi connectivity index (χ0) is 13.4. The molecule has 2 unspecified atom stereocenters. The molecular weight excluding hydrogens is 238 g/mol. The number of hydrogen-bond donors (Lipinski definition) is 1. The topological polar surface area (TPSA) is 46.9 Å². The number of hydrogen-bond acceptors (Lipinski definition) is 2. The molecule has 0 spiro atoms. The molecule has 1 aromatic heterocycles. The van der Waals surface area contributed by atoms with Gasteiger partial charge >= 0.3 is 0 Å². The highest BCUT2D eigenvalue weighted by Crippen LogP contribution is 2.38. The van der Waals surface area contributed by atoms with Gasteiger partial charge in [0.05, 0.1) is 11.0 Å². The lowest BCUT2D eigenvalue weighted by atomic mass is 10.3. The minimum Gasteiger partial charge on any atom is -0.310 e. The van der Waals surface area contributed by atoms with Crippen LogP contribution < -0.4 is 5.32 Å². The van der Waals surface area contributed by atoms with E-state index in [9.17, 15) is 4.79 Å². The minimum atomic E-state index is 0.111. The number of anilines is 1. The number of para-hydroxylation sites is 2. The van der Waals surface area contributed by atoms with Crippen LogP contribution in [0.3, 0.4) is 0 Å². The quantitative estimate of drug-likeness (QED) is 0.915. The summed E-state index contributed by atoms with van der Waals surface area (Å²) in [5.74, 6) is 1.49. The van der Waals surface area contributed by atoms with Gasteiger partial charge in [0.15, 0.2) is 0 Å². The van der Waals surface area contributed by atoms with E-state index in [4.69, 9.17) is 0 Å². The lowest BCUT2D eigenvalue weighted by Crippen LogP contribution is -2.18. The fourth-order valence-electron chi connectivity index (χ4n) is 2.51. The third kappa shape index (κ3) is 2.23. The Morgan fingerprint density at radius 1 is 1.47 bits per heavy atom. The smallest absolute Gasteiger partial charge is 0.230 e. The monoisotopic (exact) mass is 257 g/mol. The third-order valence-electron chi connectivity index (χ3n) is 3.78. The van der Waals surface area contributed by atoms with Gasteiger partial charge in [0.25, 0.3) is 0 Å². The van der Waals surface area contributed by atoms with Crippen molar-refractivity contribution in [3.05, 3.63) is 24.3 Å². The molecule has 4 nitrogen and oxygen atoms in total. The number of aryl methyl sites for hydroxylation is 1. The van der Waals surface area contributed by atoms with Gasteiger partial charge in [-0.05, 0) is 30.9 Å². The molecule has 2 atom stereocenters. The van der Waals surface area contributed by atoms with Crippen LogP contribution in [0.2, 0.25) is 0 Å². The molecule has 0 radical (unpaired) electrons. The molecule has 1 N–H and O–H groups in total. The normalized spacial score (nSPS) is 21.6. The molecular formula is C15H19N3O. The maximum absolute atomic E-state index is 12.1. The number of carbonyl (C=O) groups excluding carboxylic acids is 1. The van der Waals surface area contributed by atoms with Gasteiger partial charge in [0.2, 0.25) is 11.9 Å². The molecule has 0 aliphatic heterocycles. The van der Waals surface area contributed by atoms with Gasteiger partial charge < -0.3 is 4.57 Å². The van der Waals surface area contributed by atoms with E-state index in [0.29, 0.717) is 11.9 Å². The molecule has 1 aliphatic rings. The van der Waals surface area contributed by atoms with Gasteiger partial charge in [-0.3, -0.25) is 10.1 Å². The third-order valence-corrected chi connectivity index (χ3v) is 3.78. The van der Waals surface area contributed by atoms with E-state index in [1.165, 1.54) is 0 Å². The summed E-state index contributed by atoms with van der Waals surface area (Å²) in [6.45, 7) is 5.11. The molecule has 19 heavy (non-hydrogen) atoms. The Balaban J connectivity index is 1.93. The zero-order valence-electron chi connectivity index (χ0n) is 11.4. The number of nitrogens with one attached hydrogen (secondary N) is 1. The van der Waals surface area contributed by atoms with Gasteiger partial charge in [-0.1, -0.05) is 26.0 Å². The fraction of sp³-hybridized carbons (Fsp3) is 0.467. The molecule has 1 aromatic carbocycles. The Labute approximate surface area is 112 Å². The second kappa shape index (κ2) is 4.68. The Morgan fingerprint density at radius 3 is 2.89 bits per heavy atom. The first kappa shape index (κ1) is 12.2. The first-order valence-corrected chi connectivity index (χ1v) is 6.97. The van der Waals surface area contributed by atoms with Crippen LogP contribution in [0.5, 0.6) is 0 Å². The molecule has 1 fully saturated rings. The highest BCUT2D eigenvalue weighted by Gasteiger charge is 2.39. The number of amides is 1. The van der Waals surface area contributed by atoms with Crippen LogP contribution >= 0.6 is 0 Å². The molecule has 1 aliphatic carbocycles. The maximum atomic E-state index is 12.1. The summed E-state index contributed by atoms with van der Waals surface area (Å²) in [6.07, 6.45) is 2.02. The number of rotatable bonds is 4. The van der Waals surface area contributed by atoms with Crippen LogP contribution in [0.25, 0.3) is 11.0 Å². The van der Waals surface area contributed by atoms with E-state index >= 15 is 0 Å². The van der Waals surface area contributed by atoms with E-state index in [2.05, 4.69) is 28.7 Å². The Hall–Kier alpha value is -1.84. The van der Waals surface area contributed by atoms with Crippen LogP contribution in [-0.4, -0.2) is 15.5 Å². The summed E-state index contributed by atoms with van der Waals surface area (Å²) in [4.78, 5) is 16.6. The van der Waals surface area contributed by atoms with Crippen molar-refractivity contribution in [1.29, 1.82) is 0 Å². The van der Waals surface area contributed by atoms with Crippen LogP contribution in [0.15, 0.2) is 24.3 Å². The second-order valence-electron chi connectivity index (χ2n) is 5.38. The lowest BCUT2D eigenvalue weighted by Gasteiger charge is -2.08. The van der Waals surface area contributed by atoms with Gasteiger partial charge in [-0.2, -0.15) is 0 Å². The van der Waals surface area contributed by atoms with E-state index in [1.54, 1.807) is 0 Å². The van der Waals surface area contributed by atoms with Gasteiger partial charge in [0, 0.05) is 12.5 Å². The molecule has 4 heteroatoms. The average Bonchev–Trinajstić information content (AvgIpc) is 3.04. The number of nitrogens with zero attached hydrogens (tertiary/aromatic N) is 2. The molecule has 0 saturated heterocycles. The van der Waals surface area contributed by atoms with Crippen molar-refractivity contribution in [2.45, 2.75) is 33.2 Å². The summed E-state index contributed by atoms with van der Waals surface area (Å²) in [5, 5.41) is 2.99. The van der Waals surface area contributed by atoms with Crippen LogP contribution in [0.4, 0.5) is 5.95 Å². The van der Waals surface area contributed by atoms with Crippen molar-refractivity contribution in [3.8, 4) is 0 Å². The predicted octanol–water partition coefficient (Wildman–Crippen LogP) is 3.04. The van der Waals surface area contributed by atoms with Crippen LogP contribution in [0, 0.1) is 11.8 Å². The average molecular weight is 257 g/mol. The standard InChI is InChI=1S/C15H19N3O/c1-3-8-18-13-7-5-4-6-12(13)16-15(18)17-14(19)11-9-10(11)2/h4-7,10-11H,3,8-9H2,1-2H3,(H,16,17,19). The zero-order valence-corrected chi connectivity index (χ0v) is 11.4. The highest BCUT2D eigenvalue weighted by molar-refractivity contribution is 5.94. The van der Waals surface area contributed by atoms with Gasteiger partial charge in [-0.25, -0.2) is 4.98 Å².